The largest absolute Gasteiger partial charge is 0.395 e. The van der Waals surface area contributed by atoms with Crippen molar-refractivity contribution in [1.82, 2.24) is 9.80 Å². The molecule has 3 rings (SSSR count). The Balaban J connectivity index is 2.05. The standard InChI is InChI=1S/C22H23FN2O3/c1-14-4-9-18(15(2)12-14)19-20(24(3)10-11-26)22(28)25(21(19)27)13-16-5-7-17(23)8-6-16/h4-9,12,26H,10-11,13H2,1-3H3. The molecule has 2 amide bonds. The smallest absolute Gasteiger partial charge is 0.278 e. The van der Waals surface area contributed by atoms with E-state index < -0.39 is 5.91 Å². The van der Waals surface area contributed by atoms with Crippen LogP contribution in [0.3, 0.4) is 0 Å². The maximum Gasteiger partial charge on any atom is 0.278 e. The molecule has 0 saturated heterocycles. The van der Waals surface area contributed by atoms with Gasteiger partial charge < -0.3 is 10.0 Å². The number of halogens is 1. The van der Waals surface area contributed by atoms with Crippen LogP contribution in [0.25, 0.3) is 5.57 Å². The number of carbonyl (C=O) groups excluding carboxylic acids is 2. The van der Waals surface area contributed by atoms with Crippen LogP contribution in [0.1, 0.15) is 22.3 Å². The third-order valence-electron chi connectivity index (χ3n) is 4.87. The summed E-state index contributed by atoms with van der Waals surface area (Å²) in [6, 6.07) is 11.4. The number of likely N-dealkylation sites (N-methyl/N-ethyl adjacent to an activating group) is 1. The van der Waals surface area contributed by atoms with Gasteiger partial charge in [0.15, 0.2) is 0 Å². The molecule has 0 saturated carbocycles. The molecule has 0 aliphatic carbocycles. The second-order valence-electron chi connectivity index (χ2n) is 7.01. The van der Waals surface area contributed by atoms with Crippen LogP contribution < -0.4 is 0 Å². The molecule has 0 atom stereocenters. The van der Waals surface area contributed by atoms with Crippen molar-refractivity contribution in [2.24, 2.45) is 0 Å². The number of nitrogens with zero attached hydrogens (tertiary/aromatic N) is 2. The number of rotatable bonds is 6. The zero-order valence-corrected chi connectivity index (χ0v) is 16.2. The maximum atomic E-state index is 13.2. The van der Waals surface area contributed by atoms with Gasteiger partial charge in [-0.05, 0) is 42.7 Å². The third kappa shape index (κ3) is 3.68. The molecule has 6 heteroatoms. The number of benzene rings is 2. The summed E-state index contributed by atoms with van der Waals surface area (Å²) in [5, 5.41) is 9.31. The first-order valence-corrected chi connectivity index (χ1v) is 9.08. The highest BCUT2D eigenvalue weighted by Gasteiger charge is 2.41. The first kappa shape index (κ1) is 19.8. The van der Waals surface area contributed by atoms with Crippen LogP contribution in [0.4, 0.5) is 4.39 Å². The zero-order valence-electron chi connectivity index (χ0n) is 16.2. The van der Waals surface area contributed by atoms with Crippen LogP contribution in [0.15, 0.2) is 48.2 Å². The van der Waals surface area contributed by atoms with Gasteiger partial charge in [-0.2, -0.15) is 0 Å². The number of amides is 2. The molecule has 28 heavy (non-hydrogen) atoms. The number of hydrogen-bond donors (Lipinski definition) is 1. The highest BCUT2D eigenvalue weighted by atomic mass is 19.1. The predicted molar refractivity (Wildman–Crippen MR) is 105 cm³/mol. The molecule has 1 heterocycles. The first-order valence-electron chi connectivity index (χ1n) is 9.08. The predicted octanol–water partition coefficient (Wildman–Crippen LogP) is 2.65. The lowest BCUT2D eigenvalue weighted by molar-refractivity contribution is -0.138. The van der Waals surface area contributed by atoms with Crippen molar-refractivity contribution >= 4 is 17.4 Å². The lowest BCUT2D eigenvalue weighted by Crippen LogP contribution is -2.34. The molecule has 1 aliphatic heterocycles. The minimum absolute atomic E-state index is 0.0584. The fraction of sp³-hybridized carbons (Fsp3) is 0.273. The summed E-state index contributed by atoms with van der Waals surface area (Å²) in [6.07, 6.45) is 0. The Morgan fingerprint density at radius 2 is 1.71 bits per heavy atom. The quantitative estimate of drug-likeness (QED) is 0.781. The molecule has 2 aromatic carbocycles. The minimum atomic E-state index is -0.416. The lowest BCUT2D eigenvalue weighted by atomic mass is 9.97. The average molecular weight is 382 g/mol. The van der Waals surface area contributed by atoms with E-state index in [1.807, 2.05) is 32.0 Å². The van der Waals surface area contributed by atoms with Gasteiger partial charge in [-0.3, -0.25) is 14.5 Å². The number of aliphatic hydroxyl groups is 1. The summed E-state index contributed by atoms with van der Waals surface area (Å²) in [5.41, 5.74) is 3.93. The van der Waals surface area contributed by atoms with Crippen molar-refractivity contribution in [3.8, 4) is 0 Å². The fourth-order valence-corrected chi connectivity index (χ4v) is 3.43. The average Bonchev–Trinajstić information content (AvgIpc) is 2.88. The van der Waals surface area contributed by atoms with E-state index in [0.717, 1.165) is 11.1 Å². The third-order valence-corrected chi connectivity index (χ3v) is 4.87. The van der Waals surface area contributed by atoms with E-state index in [0.29, 0.717) is 16.7 Å². The van der Waals surface area contributed by atoms with Gasteiger partial charge in [-0.15, -0.1) is 0 Å². The molecular formula is C22H23FN2O3. The van der Waals surface area contributed by atoms with E-state index in [2.05, 4.69) is 0 Å². The van der Waals surface area contributed by atoms with E-state index in [1.165, 1.54) is 17.0 Å². The van der Waals surface area contributed by atoms with Gasteiger partial charge in [0.05, 0.1) is 18.7 Å². The van der Waals surface area contributed by atoms with Crippen LogP contribution in [-0.2, 0) is 16.1 Å². The van der Waals surface area contributed by atoms with Crippen LogP contribution in [0.5, 0.6) is 0 Å². The molecule has 146 valence electrons. The topological polar surface area (TPSA) is 60.9 Å². The monoisotopic (exact) mass is 382 g/mol. The second-order valence-corrected chi connectivity index (χ2v) is 7.01. The van der Waals surface area contributed by atoms with Crippen LogP contribution in [0.2, 0.25) is 0 Å². The molecule has 0 unspecified atom stereocenters. The lowest BCUT2D eigenvalue weighted by Gasteiger charge is -2.20. The van der Waals surface area contributed by atoms with Gasteiger partial charge in [0.25, 0.3) is 11.8 Å². The fourth-order valence-electron chi connectivity index (χ4n) is 3.43. The number of carbonyl (C=O) groups is 2. The molecule has 1 aliphatic rings. The number of imide groups is 1. The van der Waals surface area contributed by atoms with Gasteiger partial charge in [-0.25, -0.2) is 4.39 Å². The van der Waals surface area contributed by atoms with Gasteiger partial charge >= 0.3 is 0 Å². The van der Waals surface area contributed by atoms with E-state index in [4.69, 9.17) is 0 Å². The molecular weight excluding hydrogens is 359 g/mol. The molecule has 5 nitrogen and oxygen atoms in total. The number of aliphatic hydroxyl groups excluding tert-OH is 1. The van der Waals surface area contributed by atoms with E-state index in [-0.39, 0.29) is 37.1 Å². The first-order chi connectivity index (χ1) is 13.3. The van der Waals surface area contributed by atoms with Crippen molar-refractivity contribution in [2.75, 3.05) is 20.2 Å². The number of aryl methyl sites for hydroxylation is 2. The van der Waals surface area contributed by atoms with E-state index in [1.54, 1.807) is 24.1 Å². The highest BCUT2D eigenvalue weighted by Crippen LogP contribution is 2.33. The maximum absolute atomic E-state index is 13.2. The van der Waals surface area contributed by atoms with Gasteiger partial charge in [0, 0.05) is 13.6 Å². The Labute approximate surface area is 163 Å². The summed E-state index contributed by atoms with van der Waals surface area (Å²) in [5.74, 6) is -1.18. The Bertz CT molecular complexity index is 951. The zero-order chi connectivity index (χ0) is 20.4. The molecule has 1 N–H and O–H groups in total. The van der Waals surface area contributed by atoms with Crippen molar-refractivity contribution in [3.05, 3.63) is 76.2 Å². The summed E-state index contributed by atoms with van der Waals surface area (Å²) < 4.78 is 13.2. The van der Waals surface area contributed by atoms with Crippen molar-refractivity contribution in [1.29, 1.82) is 0 Å². The highest BCUT2D eigenvalue weighted by molar-refractivity contribution is 6.35. The molecule has 2 aromatic rings. The second kappa shape index (κ2) is 7.94. The van der Waals surface area contributed by atoms with Crippen molar-refractivity contribution in [2.45, 2.75) is 20.4 Å². The Morgan fingerprint density at radius 3 is 2.32 bits per heavy atom. The van der Waals surface area contributed by atoms with Crippen molar-refractivity contribution in [3.63, 3.8) is 0 Å². The number of hydrogen-bond acceptors (Lipinski definition) is 4. The summed E-state index contributed by atoms with van der Waals surface area (Å²) in [7, 11) is 1.68. The minimum Gasteiger partial charge on any atom is -0.395 e. The van der Waals surface area contributed by atoms with Crippen LogP contribution in [-0.4, -0.2) is 46.9 Å². The van der Waals surface area contributed by atoms with E-state index >= 15 is 0 Å². The Kier molecular flexibility index (Phi) is 5.61. The van der Waals surface area contributed by atoms with Crippen LogP contribution >= 0.6 is 0 Å². The van der Waals surface area contributed by atoms with Gasteiger partial charge in [-0.1, -0.05) is 35.9 Å². The summed E-state index contributed by atoms with van der Waals surface area (Å²) in [6.45, 7) is 4.02. The van der Waals surface area contributed by atoms with Crippen LogP contribution in [0, 0.1) is 19.7 Å². The molecule has 0 bridgehead atoms. The van der Waals surface area contributed by atoms with Gasteiger partial charge in [0.2, 0.25) is 0 Å². The Hall–Kier alpha value is -2.99. The SMILES string of the molecule is Cc1ccc(C2=C(N(C)CCO)C(=O)N(Cc3ccc(F)cc3)C2=O)c(C)c1. The summed E-state index contributed by atoms with van der Waals surface area (Å²) >= 11 is 0. The molecule has 0 spiro atoms. The molecule has 0 radical (unpaired) electrons. The summed E-state index contributed by atoms with van der Waals surface area (Å²) in [4.78, 5) is 29.1. The van der Waals surface area contributed by atoms with E-state index in [9.17, 15) is 19.1 Å². The van der Waals surface area contributed by atoms with Gasteiger partial charge in [0.1, 0.15) is 11.5 Å². The molecule has 0 fully saturated rings. The molecule has 0 aromatic heterocycles. The normalized spacial score (nSPS) is 14.2. The Morgan fingerprint density at radius 1 is 1.04 bits per heavy atom. The van der Waals surface area contributed by atoms with Crippen molar-refractivity contribution < 1.29 is 19.1 Å².